The fraction of sp³-hybridized carbons (Fsp3) is 0.500. The second-order valence-electron chi connectivity index (χ2n) is 9.25. The van der Waals surface area contributed by atoms with Gasteiger partial charge in [-0.1, -0.05) is 40.9 Å². The van der Waals surface area contributed by atoms with Gasteiger partial charge in [-0.2, -0.15) is 4.98 Å². The number of anilines is 2. The maximum atomic E-state index is 9.26. The first-order chi connectivity index (χ1) is 16.4. The molecule has 0 amide bonds. The highest BCUT2D eigenvalue weighted by Gasteiger charge is 2.38. The molecule has 2 saturated heterocycles. The van der Waals surface area contributed by atoms with E-state index in [1.807, 2.05) is 19.1 Å². The lowest BCUT2D eigenvalue weighted by atomic mass is 9.81. The lowest BCUT2D eigenvalue weighted by Crippen LogP contribution is -2.53. The van der Waals surface area contributed by atoms with Crippen molar-refractivity contribution in [2.75, 3.05) is 49.5 Å². The highest BCUT2D eigenvalue weighted by Crippen LogP contribution is 2.39. The quantitative estimate of drug-likeness (QED) is 0.423. The van der Waals surface area contributed by atoms with E-state index in [0.717, 1.165) is 38.3 Å². The number of hydrogen-bond acceptors (Lipinski definition) is 7. The standard InChI is InChI=1S/C24H28Cl3N5O2/c1-14(18-5-4-17(25)9-19(18)26)29-21-20(27)10-28-23-22(21)34-24(30-23)32-12-16(13-32)15-3-2-6-31(11-15)7-8-33/h4-5,9-10,14-16,33H,2-3,6-8,11-13H2,1H3,(H,28,29)/t14-,15+/m1/s1. The molecule has 34 heavy (non-hydrogen) atoms. The zero-order valence-electron chi connectivity index (χ0n) is 19.0. The molecule has 0 radical (unpaired) electrons. The number of nitrogens with one attached hydrogen (secondary N) is 1. The van der Waals surface area contributed by atoms with Crippen molar-refractivity contribution in [3.05, 3.63) is 45.0 Å². The van der Waals surface area contributed by atoms with E-state index < -0.39 is 0 Å². The lowest BCUT2D eigenvalue weighted by molar-refractivity contribution is 0.100. The summed E-state index contributed by atoms with van der Waals surface area (Å²) in [5, 5.41) is 14.3. The van der Waals surface area contributed by atoms with Gasteiger partial charge in [-0.3, -0.25) is 0 Å². The van der Waals surface area contributed by atoms with E-state index in [1.165, 1.54) is 12.8 Å². The predicted molar refractivity (Wildman–Crippen MR) is 137 cm³/mol. The van der Waals surface area contributed by atoms with E-state index in [-0.39, 0.29) is 12.6 Å². The molecule has 3 aromatic rings. The van der Waals surface area contributed by atoms with Crippen molar-refractivity contribution in [2.45, 2.75) is 25.8 Å². The minimum Gasteiger partial charge on any atom is -0.419 e. The van der Waals surface area contributed by atoms with Gasteiger partial charge in [0.25, 0.3) is 6.01 Å². The maximum absolute atomic E-state index is 9.26. The minimum atomic E-state index is -0.136. The first kappa shape index (κ1) is 23.9. The summed E-state index contributed by atoms with van der Waals surface area (Å²) < 4.78 is 6.17. The van der Waals surface area contributed by atoms with Crippen molar-refractivity contribution in [3.63, 3.8) is 0 Å². The fourth-order valence-electron chi connectivity index (χ4n) is 5.05. The molecule has 0 spiro atoms. The zero-order chi connectivity index (χ0) is 23.8. The van der Waals surface area contributed by atoms with Crippen LogP contribution in [0.1, 0.15) is 31.4 Å². The van der Waals surface area contributed by atoms with Crippen LogP contribution < -0.4 is 10.2 Å². The molecule has 0 unspecified atom stereocenters. The molecular weight excluding hydrogens is 497 g/mol. The lowest BCUT2D eigenvalue weighted by Gasteiger charge is -2.45. The SMILES string of the molecule is C[C@@H](Nc1c(Cl)cnc2nc(N3CC([C@H]4CCCN(CCO)C4)C3)oc12)c1ccc(Cl)cc1Cl. The van der Waals surface area contributed by atoms with Gasteiger partial charge in [0.15, 0.2) is 5.58 Å². The molecule has 2 atom stereocenters. The Morgan fingerprint density at radius 3 is 2.76 bits per heavy atom. The molecular formula is C24H28Cl3N5O2. The van der Waals surface area contributed by atoms with Gasteiger partial charge in [-0.15, -0.1) is 0 Å². The first-order valence-corrected chi connectivity index (χ1v) is 12.8. The van der Waals surface area contributed by atoms with Gasteiger partial charge in [0.2, 0.25) is 5.65 Å². The summed E-state index contributed by atoms with van der Waals surface area (Å²) in [5.74, 6) is 1.26. The normalized spacial score (nSPS) is 20.5. The molecule has 0 bridgehead atoms. The number of aromatic nitrogens is 2. The topological polar surface area (TPSA) is 77.7 Å². The third-order valence-electron chi connectivity index (χ3n) is 6.96. The van der Waals surface area contributed by atoms with Crippen LogP contribution in [-0.2, 0) is 0 Å². The summed E-state index contributed by atoms with van der Waals surface area (Å²) in [6.45, 7) is 6.96. The number of oxazole rings is 1. The van der Waals surface area contributed by atoms with Crippen LogP contribution in [0.3, 0.4) is 0 Å². The summed E-state index contributed by atoms with van der Waals surface area (Å²) >= 11 is 18.9. The number of likely N-dealkylation sites (tertiary alicyclic amines) is 1. The van der Waals surface area contributed by atoms with Gasteiger partial charge in [-0.05, 0) is 55.8 Å². The number of piperidine rings is 1. The maximum Gasteiger partial charge on any atom is 0.300 e. The van der Waals surface area contributed by atoms with Crippen molar-refractivity contribution >= 4 is 57.7 Å². The van der Waals surface area contributed by atoms with Crippen molar-refractivity contribution in [3.8, 4) is 0 Å². The highest BCUT2D eigenvalue weighted by atomic mass is 35.5. The zero-order valence-corrected chi connectivity index (χ0v) is 21.2. The van der Waals surface area contributed by atoms with Gasteiger partial charge in [-0.25, -0.2) is 4.98 Å². The van der Waals surface area contributed by atoms with Crippen LogP contribution in [0.5, 0.6) is 0 Å². The molecule has 4 heterocycles. The monoisotopic (exact) mass is 523 g/mol. The van der Waals surface area contributed by atoms with Crippen molar-refractivity contribution in [1.29, 1.82) is 0 Å². The van der Waals surface area contributed by atoms with E-state index in [9.17, 15) is 5.11 Å². The summed E-state index contributed by atoms with van der Waals surface area (Å²) in [6.07, 6.45) is 4.02. The van der Waals surface area contributed by atoms with Crippen molar-refractivity contribution in [1.82, 2.24) is 14.9 Å². The second kappa shape index (κ2) is 10.1. The third kappa shape index (κ3) is 4.82. The predicted octanol–water partition coefficient (Wildman–Crippen LogP) is 5.50. The van der Waals surface area contributed by atoms with E-state index in [1.54, 1.807) is 12.3 Å². The Bertz CT molecular complexity index is 1160. The molecule has 5 rings (SSSR count). The molecule has 2 aliphatic rings. The summed E-state index contributed by atoms with van der Waals surface area (Å²) in [7, 11) is 0. The fourth-order valence-corrected chi connectivity index (χ4v) is 5.81. The number of benzene rings is 1. The second-order valence-corrected chi connectivity index (χ2v) is 10.5. The first-order valence-electron chi connectivity index (χ1n) is 11.7. The number of aliphatic hydroxyl groups excluding tert-OH is 1. The Labute approximate surface area is 214 Å². The summed E-state index contributed by atoms with van der Waals surface area (Å²) in [6, 6.07) is 5.87. The Balaban J connectivity index is 1.30. The van der Waals surface area contributed by atoms with Gasteiger partial charge in [0, 0.05) is 36.2 Å². The van der Waals surface area contributed by atoms with E-state index in [0.29, 0.717) is 49.8 Å². The van der Waals surface area contributed by atoms with Gasteiger partial charge in [0.05, 0.1) is 23.9 Å². The molecule has 0 aliphatic carbocycles. The van der Waals surface area contributed by atoms with E-state index >= 15 is 0 Å². The third-order valence-corrected chi connectivity index (χ3v) is 7.81. The Morgan fingerprint density at radius 1 is 1.18 bits per heavy atom. The van der Waals surface area contributed by atoms with Gasteiger partial charge < -0.3 is 24.6 Å². The number of β-amino-alcohol motifs (C(OH)–C–C–N with tert-alkyl or cyclic N) is 1. The Kier molecular flexibility index (Phi) is 7.09. The number of aliphatic hydroxyl groups is 1. The number of rotatable bonds is 7. The smallest absolute Gasteiger partial charge is 0.300 e. The number of halogens is 3. The minimum absolute atomic E-state index is 0.136. The molecule has 2 fully saturated rings. The Hall–Kier alpha value is -1.77. The average molecular weight is 525 g/mol. The number of pyridine rings is 1. The summed E-state index contributed by atoms with van der Waals surface area (Å²) in [4.78, 5) is 13.5. The highest BCUT2D eigenvalue weighted by molar-refractivity contribution is 6.35. The molecule has 10 heteroatoms. The van der Waals surface area contributed by atoms with Crippen LogP contribution in [0.15, 0.2) is 28.8 Å². The van der Waals surface area contributed by atoms with E-state index in [4.69, 9.17) is 39.2 Å². The number of fused-ring (bicyclic) bond motifs is 1. The number of nitrogens with zero attached hydrogens (tertiary/aromatic N) is 4. The molecule has 2 aliphatic heterocycles. The largest absolute Gasteiger partial charge is 0.419 e. The van der Waals surface area contributed by atoms with Gasteiger partial charge >= 0.3 is 0 Å². The molecule has 0 saturated carbocycles. The Morgan fingerprint density at radius 2 is 2.00 bits per heavy atom. The van der Waals surface area contributed by atoms with Crippen LogP contribution in [-0.4, -0.2) is 59.3 Å². The van der Waals surface area contributed by atoms with Crippen LogP contribution >= 0.6 is 34.8 Å². The number of hydrogen-bond donors (Lipinski definition) is 2. The van der Waals surface area contributed by atoms with Crippen molar-refractivity contribution < 1.29 is 9.52 Å². The summed E-state index contributed by atoms with van der Waals surface area (Å²) in [5.41, 5.74) is 2.61. The van der Waals surface area contributed by atoms with Crippen LogP contribution in [0.25, 0.3) is 11.2 Å². The van der Waals surface area contributed by atoms with Crippen LogP contribution in [0, 0.1) is 11.8 Å². The van der Waals surface area contributed by atoms with Crippen molar-refractivity contribution in [2.24, 2.45) is 11.8 Å². The molecule has 2 N–H and O–H groups in total. The molecule has 7 nitrogen and oxygen atoms in total. The van der Waals surface area contributed by atoms with Gasteiger partial charge in [0.1, 0.15) is 5.69 Å². The molecule has 1 aromatic carbocycles. The van der Waals surface area contributed by atoms with Crippen LogP contribution in [0.2, 0.25) is 15.1 Å². The molecule has 2 aromatic heterocycles. The van der Waals surface area contributed by atoms with Crippen LogP contribution in [0.4, 0.5) is 11.7 Å². The molecule has 182 valence electrons. The van der Waals surface area contributed by atoms with E-state index in [2.05, 4.69) is 25.1 Å². The average Bonchev–Trinajstić information content (AvgIpc) is 3.19.